The number of aromatic nitrogens is 4. The van der Waals surface area contributed by atoms with Crippen LogP contribution in [-0.4, -0.2) is 19.7 Å². The lowest BCUT2D eigenvalue weighted by Crippen LogP contribution is -2.11. The maximum absolute atomic E-state index is 5.84. The molecule has 6 heteroatoms. The highest BCUT2D eigenvalue weighted by molar-refractivity contribution is 5.68. The molecule has 90 valence electrons. The van der Waals surface area contributed by atoms with E-state index in [2.05, 4.69) is 15.0 Å². The van der Waals surface area contributed by atoms with Crippen LogP contribution in [-0.2, 0) is 6.61 Å². The van der Waals surface area contributed by atoms with E-state index in [1.807, 2.05) is 24.3 Å². The molecule has 2 aromatic heterocycles. The van der Waals surface area contributed by atoms with Crippen molar-refractivity contribution in [2.45, 2.75) is 6.61 Å². The third-order valence-corrected chi connectivity index (χ3v) is 2.60. The Bertz CT molecular complexity index is 679. The molecular weight excluding hydrogens is 230 g/mol. The molecule has 0 radical (unpaired) electrons. The smallest absolute Gasteiger partial charge is 0.199 e. The standard InChI is InChI=1S/C12H11N5O/c13-10-4-2-1-3-9(10)6-18-17-8-16-11-5-14-7-15-12(11)17/h1-5,7-8H,6,13H2. The second-order valence-electron chi connectivity index (χ2n) is 3.77. The molecule has 0 aliphatic heterocycles. The van der Waals surface area contributed by atoms with E-state index in [1.165, 1.54) is 11.1 Å². The highest BCUT2D eigenvalue weighted by Crippen LogP contribution is 2.11. The summed E-state index contributed by atoms with van der Waals surface area (Å²) in [4.78, 5) is 17.8. The van der Waals surface area contributed by atoms with E-state index in [0.717, 1.165) is 5.56 Å². The van der Waals surface area contributed by atoms with Crippen LogP contribution in [0.3, 0.4) is 0 Å². The van der Waals surface area contributed by atoms with Gasteiger partial charge in [0.05, 0.1) is 6.20 Å². The maximum atomic E-state index is 5.84. The molecule has 0 fully saturated rings. The van der Waals surface area contributed by atoms with Gasteiger partial charge in [0.25, 0.3) is 0 Å². The van der Waals surface area contributed by atoms with Crippen LogP contribution in [0.5, 0.6) is 0 Å². The largest absolute Gasteiger partial charge is 0.406 e. The molecule has 0 saturated heterocycles. The van der Waals surface area contributed by atoms with Crippen LogP contribution in [0, 0.1) is 0 Å². The summed E-state index contributed by atoms with van der Waals surface area (Å²) in [5.41, 5.74) is 8.80. The van der Waals surface area contributed by atoms with Gasteiger partial charge in [-0.25, -0.2) is 15.0 Å². The fourth-order valence-corrected chi connectivity index (χ4v) is 1.65. The number of nitrogen functional groups attached to an aromatic ring is 1. The Balaban J connectivity index is 1.83. The number of nitrogens with two attached hydrogens (primary N) is 1. The number of imidazole rings is 1. The summed E-state index contributed by atoms with van der Waals surface area (Å²) < 4.78 is 1.52. The van der Waals surface area contributed by atoms with Gasteiger partial charge >= 0.3 is 0 Å². The molecule has 0 spiro atoms. The predicted molar refractivity (Wildman–Crippen MR) is 66.5 cm³/mol. The molecule has 3 aromatic rings. The Hall–Kier alpha value is -2.63. The molecule has 0 aliphatic carbocycles. The normalized spacial score (nSPS) is 10.7. The summed E-state index contributed by atoms with van der Waals surface area (Å²) in [6, 6.07) is 7.57. The first kappa shape index (κ1) is 10.5. The van der Waals surface area contributed by atoms with E-state index in [1.54, 1.807) is 12.5 Å². The van der Waals surface area contributed by atoms with Gasteiger partial charge in [0.15, 0.2) is 5.65 Å². The SMILES string of the molecule is Nc1ccccc1COn1cnc2cncnc21. The van der Waals surface area contributed by atoms with Crippen molar-refractivity contribution in [3.63, 3.8) is 0 Å². The third-order valence-electron chi connectivity index (χ3n) is 2.60. The van der Waals surface area contributed by atoms with E-state index in [4.69, 9.17) is 10.6 Å². The highest BCUT2D eigenvalue weighted by atomic mass is 16.7. The Morgan fingerprint density at radius 1 is 1.22 bits per heavy atom. The average Bonchev–Trinajstić information content (AvgIpc) is 2.81. The van der Waals surface area contributed by atoms with Crippen molar-refractivity contribution in [2.75, 3.05) is 5.73 Å². The first-order valence-corrected chi connectivity index (χ1v) is 5.44. The van der Waals surface area contributed by atoms with E-state index < -0.39 is 0 Å². The molecule has 6 nitrogen and oxygen atoms in total. The summed E-state index contributed by atoms with van der Waals surface area (Å²) in [5.74, 6) is 0. The summed E-state index contributed by atoms with van der Waals surface area (Å²) in [5, 5.41) is 0. The van der Waals surface area contributed by atoms with E-state index in [0.29, 0.717) is 23.5 Å². The molecule has 3 rings (SSSR count). The van der Waals surface area contributed by atoms with E-state index >= 15 is 0 Å². The van der Waals surface area contributed by atoms with Crippen LogP contribution in [0.2, 0.25) is 0 Å². The van der Waals surface area contributed by atoms with Gasteiger partial charge < -0.3 is 10.6 Å². The molecule has 1 aromatic carbocycles. The zero-order valence-electron chi connectivity index (χ0n) is 9.52. The lowest BCUT2D eigenvalue weighted by Gasteiger charge is -2.08. The maximum Gasteiger partial charge on any atom is 0.199 e. The summed E-state index contributed by atoms with van der Waals surface area (Å²) >= 11 is 0. The van der Waals surface area contributed by atoms with Gasteiger partial charge in [0, 0.05) is 11.3 Å². The number of hydrogen-bond donors (Lipinski definition) is 1. The van der Waals surface area contributed by atoms with Gasteiger partial charge in [-0.3, -0.25) is 0 Å². The number of fused-ring (bicyclic) bond motifs is 1. The number of nitrogens with zero attached hydrogens (tertiary/aromatic N) is 4. The first-order chi connectivity index (χ1) is 8.84. The lowest BCUT2D eigenvalue weighted by atomic mass is 10.2. The van der Waals surface area contributed by atoms with Crippen LogP contribution < -0.4 is 10.6 Å². The van der Waals surface area contributed by atoms with Crippen molar-refractivity contribution >= 4 is 16.9 Å². The Morgan fingerprint density at radius 2 is 2.11 bits per heavy atom. The molecule has 0 saturated carbocycles. The minimum atomic E-state index is 0.363. The molecule has 0 bridgehead atoms. The molecule has 0 aliphatic rings. The molecule has 0 atom stereocenters. The van der Waals surface area contributed by atoms with Crippen molar-refractivity contribution in [2.24, 2.45) is 0 Å². The van der Waals surface area contributed by atoms with Crippen LogP contribution in [0.25, 0.3) is 11.2 Å². The van der Waals surface area contributed by atoms with Gasteiger partial charge in [0.2, 0.25) is 0 Å². The van der Waals surface area contributed by atoms with Crippen LogP contribution >= 0.6 is 0 Å². The van der Waals surface area contributed by atoms with Crippen LogP contribution in [0.4, 0.5) is 5.69 Å². The van der Waals surface area contributed by atoms with Crippen molar-refractivity contribution in [3.05, 3.63) is 48.7 Å². The van der Waals surface area contributed by atoms with Crippen molar-refractivity contribution in [1.82, 2.24) is 19.7 Å². The first-order valence-electron chi connectivity index (χ1n) is 5.44. The van der Waals surface area contributed by atoms with Crippen LogP contribution in [0.15, 0.2) is 43.1 Å². The highest BCUT2D eigenvalue weighted by Gasteiger charge is 2.05. The molecule has 2 N–H and O–H groups in total. The lowest BCUT2D eigenvalue weighted by molar-refractivity contribution is 0.105. The monoisotopic (exact) mass is 241 g/mol. The van der Waals surface area contributed by atoms with Crippen molar-refractivity contribution in [1.29, 1.82) is 0 Å². The zero-order valence-corrected chi connectivity index (χ0v) is 9.52. The predicted octanol–water partition coefficient (Wildman–Crippen LogP) is 1.04. The Kier molecular flexibility index (Phi) is 2.53. The number of hydrogen-bond acceptors (Lipinski definition) is 5. The van der Waals surface area contributed by atoms with Crippen molar-refractivity contribution in [3.8, 4) is 0 Å². The number of benzene rings is 1. The summed E-state index contributed by atoms with van der Waals surface area (Å²) in [6.45, 7) is 0.363. The van der Waals surface area contributed by atoms with Gasteiger partial charge in [-0.1, -0.05) is 18.2 Å². The third kappa shape index (κ3) is 1.84. The minimum Gasteiger partial charge on any atom is -0.406 e. The number of anilines is 1. The second kappa shape index (κ2) is 4.33. The number of para-hydroxylation sites is 1. The molecule has 0 unspecified atom stereocenters. The Morgan fingerprint density at radius 3 is 3.00 bits per heavy atom. The summed E-state index contributed by atoms with van der Waals surface area (Å²) in [7, 11) is 0. The Labute approximate surface area is 103 Å². The van der Waals surface area contributed by atoms with Gasteiger partial charge in [-0.05, 0) is 6.07 Å². The molecule has 0 amide bonds. The molecular formula is C12H11N5O. The van der Waals surface area contributed by atoms with Gasteiger partial charge in [-0.15, -0.1) is 0 Å². The average molecular weight is 241 g/mol. The van der Waals surface area contributed by atoms with Crippen molar-refractivity contribution < 1.29 is 4.84 Å². The van der Waals surface area contributed by atoms with E-state index in [9.17, 15) is 0 Å². The van der Waals surface area contributed by atoms with Gasteiger partial charge in [-0.2, -0.15) is 4.73 Å². The van der Waals surface area contributed by atoms with E-state index in [-0.39, 0.29) is 0 Å². The topological polar surface area (TPSA) is 78.9 Å². The quantitative estimate of drug-likeness (QED) is 0.693. The van der Waals surface area contributed by atoms with Gasteiger partial charge in [0.1, 0.15) is 24.8 Å². The number of rotatable bonds is 3. The fourth-order valence-electron chi connectivity index (χ4n) is 1.65. The van der Waals surface area contributed by atoms with Crippen LogP contribution in [0.1, 0.15) is 5.56 Å². The second-order valence-corrected chi connectivity index (χ2v) is 3.77. The fraction of sp³-hybridized carbons (Fsp3) is 0.0833. The minimum absolute atomic E-state index is 0.363. The molecule has 2 heterocycles. The molecule has 18 heavy (non-hydrogen) atoms. The summed E-state index contributed by atoms with van der Waals surface area (Å²) in [6.07, 6.45) is 4.66. The zero-order chi connectivity index (χ0) is 12.4.